The summed E-state index contributed by atoms with van der Waals surface area (Å²) in [6, 6.07) is 12.7. The number of amides is 1. The highest BCUT2D eigenvalue weighted by Crippen LogP contribution is 2.23. The van der Waals surface area contributed by atoms with Gasteiger partial charge in [-0.1, -0.05) is 18.2 Å². The molecule has 0 spiro atoms. The molecule has 0 bridgehead atoms. The molecular weight excluding hydrogens is 450 g/mol. The Morgan fingerprint density at radius 3 is 2.39 bits per heavy atom. The number of hydrogen-bond acceptors (Lipinski definition) is 7. The minimum atomic E-state index is -3.86. The highest BCUT2D eigenvalue weighted by molar-refractivity contribution is 7.89. The van der Waals surface area contributed by atoms with Crippen LogP contribution >= 0.6 is 0 Å². The third-order valence-corrected chi connectivity index (χ3v) is 7.69. The van der Waals surface area contributed by atoms with E-state index in [0.717, 1.165) is 0 Å². The van der Waals surface area contributed by atoms with E-state index in [2.05, 4.69) is 0 Å². The average molecular weight is 469 g/mol. The number of benzene rings is 2. The molecule has 0 saturated carbocycles. The molecule has 1 fully saturated rings. The number of oxazole rings is 1. The fourth-order valence-corrected chi connectivity index (χ4v) is 5.37. The molecule has 0 unspecified atom stereocenters. The third-order valence-electron chi connectivity index (χ3n) is 5.80. The zero-order chi connectivity index (χ0) is 23.3. The van der Waals surface area contributed by atoms with Crippen molar-refractivity contribution < 1.29 is 22.0 Å². The molecule has 2 aromatic carbocycles. The van der Waals surface area contributed by atoms with Gasteiger partial charge in [-0.15, -0.1) is 0 Å². The standard InChI is InChI=1S/C22H19N3O7S/c1-23-17-7-6-15(13-19(17)32-22(23)28)33(29,30)25-10-8-24(9-11-25)20(26)16-12-14-4-2-3-5-18(14)31-21(16)27/h2-7,12-13H,8-11H2,1H3. The van der Waals surface area contributed by atoms with E-state index < -0.39 is 27.3 Å². The first kappa shape index (κ1) is 21.2. The summed E-state index contributed by atoms with van der Waals surface area (Å²) < 4.78 is 39.1. The average Bonchev–Trinajstić information content (AvgIpc) is 3.11. The van der Waals surface area contributed by atoms with Crippen LogP contribution in [0, 0.1) is 0 Å². The van der Waals surface area contributed by atoms with Crippen molar-refractivity contribution in [3.05, 3.63) is 75.1 Å². The normalized spacial score (nSPS) is 15.4. The molecule has 11 heteroatoms. The number of hydrogen-bond donors (Lipinski definition) is 0. The molecule has 33 heavy (non-hydrogen) atoms. The lowest BCUT2D eigenvalue weighted by molar-refractivity contribution is 0.0694. The largest absolute Gasteiger partial charge is 0.422 e. The predicted octanol–water partition coefficient (Wildman–Crippen LogP) is 1.38. The van der Waals surface area contributed by atoms with E-state index in [9.17, 15) is 22.8 Å². The van der Waals surface area contributed by atoms with Gasteiger partial charge in [-0.25, -0.2) is 18.0 Å². The van der Waals surface area contributed by atoms with Gasteiger partial charge < -0.3 is 13.7 Å². The number of aromatic nitrogens is 1. The maximum Gasteiger partial charge on any atom is 0.419 e. The van der Waals surface area contributed by atoms with Gasteiger partial charge >= 0.3 is 11.4 Å². The summed E-state index contributed by atoms with van der Waals surface area (Å²) >= 11 is 0. The lowest BCUT2D eigenvalue weighted by Crippen LogP contribution is -2.51. The van der Waals surface area contributed by atoms with E-state index in [1.54, 1.807) is 24.3 Å². The van der Waals surface area contributed by atoms with Gasteiger partial charge in [-0.2, -0.15) is 4.31 Å². The molecule has 0 radical (unpaired) electrons. The molecule has 5 rings (SSSR count). The van der Waals surface area contributed by atoms with Crippen molar-refractivity contribution >= 4 is 38.0 Å². The Hall–Kier alpha value is -3.70. The van der Waals surface area contributed by atoms with Crippen LogP contribution in [0.3, 0.4) is 0 Å². The zero-order valence-electron chi connectivity index (χ0n) is 17.6. The van der Waals surface area contributed by atoms with Crippen molar-refractivity contribution in [1.82, 2.24) is 13.8 Å². The van der Waals surface area contributed by atoms with Crippen LogP contribution in [0.5, 0.6) is 0 Å². The Labute approximate surface area is 187 Å². The van der Waals surface area contributed by atoms with E-state index in [1.807, 2.05) is 0 Å². The van der Waals surface area contributed by atoms with Gasteiger partial charge in [0.05, 0.1) is 10.4 Å². The first-order valence-electron chi connectivity index (χ1n) is 10.2. The van der Waals surface area contributed by atoms with E-state index in [-0.39, 0.29) is 42.2 Å². The molecule has 3 heterocycles. The van der Waals surface area contributed by atoms with Crippen LogP contribution in [0.2, 0.25) is 0 Å². The minimum absolute atomic E-state index is 0.000648. The number of fused-ring (bicyclic) bond motifs is 2. The Morgan fingerprint density at radius 2 is 1.64 bits per heavy atom. The third kappa shape index (κ3) is 3.55. The van der Waals surface area contributed by atoms with Crippen molar-refractivity contribution in [1.29, 1.82) is 0 Å². The Balaban J connectivity index is 1.35. The summed E-state index contributed by atoms with van der Waals surface area (Å²) in [6.07, 6.45) is 0. The van der Waals surface area contributed by atoms with Crippen LogP contribution < -0.4 is 11.4 Å². The van der Waals surface area contributed by atoms with Gasteiger partial charge in [0.2, 0.25) is 10.0 Å². The molecule has 10 nitrogen and oxygen atoms in total. The lowest BCUT2D eigenvalue weighted by atomic mass is 10.1. The van der Waals surface area contributed by atoms with Gasteiger partial charge in [0.25, 0.3) is 5.91 Å². The molecule has 0 N–H and O–H groups in total. The molecule has 1 amide bonds. The molecule has 1 saturated heterocycles. The number of aryl methyl sites for hydroxylation is 1. The number of rotatable bonds is 3. The highest BCUT2D eigenvalue weighted by Gasteiger charge is 2.32. The number of para-hydroxylation sites is 1. The topological polar surface area (TPSA) is 123 Å². The van der Waals surface area contributed by atoms with Gasteiger partial charge in [0, 0.05) is 44.7 Å². The van der Waals surface area contributed by atoms with Crippen LogP contribution in [0.1, 0.15) is 10.4 Å². The SMILES string of the molecule is Cn1c(=O)oc2cc(S(=O)(=O)N3CCN(C(=O)c4cc5ccccc5oc4=O)CC3)ccc21. The second-order valence-corrected chi connectivity index (χ2v) is 9.68. The smallest absolute Gasteiger partial charge is 0.419 e. The summed E-state index contributed by atoms with van der Waals surface area (Å²) in [6.45, 7) is 0.355. The molecule has 0 aliphatic carbocycles. The molecule has 0 atom stereocenters. The van der Waals surface area contributed by atoms with Gasteiger partial charge in [-0.3, -0.25) is 9.36 Å². The van der Waals surface area contributed by atoms with Crippen molar-refractivity contribution in [2.75, 3.05) is 26.2 Å². The fraction of sp³-hybridized carbons (Fsp3) is 0.227. The Morgan fingerprint density at radius 1 is 0.909 bits per heavy atom. The summed E-state index contributed by atoms with van der Waals surface area (Å²) in [5.41, 5.74) is 0.242. The molecule has 2 aromatic heterocycles. The molecule has 4 aromatic rings. The lowest BCUT2D eigenvalue weighted by Gasteiger charge is -2.33. The summed E-state index contributed by atoms with van der Waals surface area (Å²) in [5.74, 6) is -1.08. The number of sulfonamides is 1. The molecular formula is C22H19N3O7S. The van der Waals surface area contributed by atoms with Gasteiger partial charge in [0.15, 0.2) is 5.58 Å². The van der Waals surface area contributed by atoms with E-state index in [1.165, 1.54) is 45.1 Å². The molecule has 1 aliphatic rings. The van der Waals surface area contributed by atoms with Crippen molar-refractivity contribution in [3.8, 4) is 0 Å². The minimum Gasteiger partial charge on any atom is -0.422 e. The predicted molar refractivity (Wildman–Crippen MR) is 119 cm³/mol. The Kier molecular flexibility index (Phi) is 4.94. The van der Waals surface area contributed by atoms with Crippen LogP contribution in [0.15, 0.2) is 71.8 Å². The molecule has 170 valence electrons. The fourth-order valence-electron chi connectivity index (χ4n) is 3.94. The zero-order valence-corrected chi connectivity index (χ0v) is 18.4. The number of carbonyl (C=O) groups excluding carboxylic acids is 1. The maximum atomic E-state index is 13.1. The summed E-state index contributed by atoms with van der Waals surface area (Å²) in [5, 5.41) is 0.629. The van der Waals surface area contributed by atoms with Crippen molar-refractivity contribution in [2.45, 2.75) is 4.90 Å². The van der Waals surface area contributed by atoms with Crippen LogP contribution in [0.4, 0.5) is 0 Å². The van der Waals surface area contributed by atoms with Gasteiger partial charge in [-0.05, 0) is 24.3 Å². The number of carbonyl (C=O) groups is 1. The van der Waals surface area contributed by atoms with Crippen LogP contribution in [-0.2, 0) is 17.1 Å². The first-order valence-corrected chi connectivity index (χ1v) is 11.6. The van der Waals surface area contributed by atoms with E-state index in [0.29, 0.717) is 16.5 Å². The van der Waals surface area contributed by atoms with Crippen LogP contribution in [-0.4, -0.2) is 54.3 Å². The maximum absolute atomic E-state index is 13.1. The summed E-state index contributed by atoms with van der Waals surface area (Å²) in [7, 11) is -2.33. The summed E-state index contributed by atoms with van der Waals surface area (Å²) in [4.78, 5) is 38.4. The highest BCUT2D eigenvalue weighted by atomic mass is 32.2. The second-order valence-electron chi connectivity index (χ2n) is 7.74. The van der Waals surface area contributed by atoms with E-state index in [4.69, 9.17) is 8.83 Å². The number of nitrogens with zero attached hydrogens (tertiary/aromatic N) is 3. The van der Waals surface area contributed by atoms with Gasteiger partial charge in [0.1, 0.15) is 11.1 Å². The van der Waals surface area contributed by atoms with Crippen molar-refractivity contribution in [2.24, 2.45) is 7.05 Å². The Bertz CT molecular complexity index is 1620. The van der Waals surface area contributed by atoms with Crippen LogP contribution in [0.25, 0.3) is 22.1 Å². The molecule has 1 aliphatic heterocycles. The quantitative estimate of drug-likeness (QED) is 0.415. The first-order chi connectivity index (χ1) is 15.8. The second kappa shape index (κ2) is 7.71. The monoisotopic (exact) mass is 469 g/mol. The van der Waals surface area contributed by atoms with E-state index >= 15 is 0 Å². The van der Waals surface area contributed by atoms with Crippen molar-refractivity contribution in [3.63, 3.8) is 0 Å². The number of piperazine rings is 1.